The van der Waals surface area contributed by atoms with Crippen molar-refractivity contribution in [3.8, 4) is 0 Å². The van der Waals surface area contributed by atoms with Gasteiger partial charge in [-0.25, -0.2) is 0 Å². The van der Waals surface area contributed by atoms with Crippen LogP contribution in [0.25, 0.3) is 0 Å². The molecule has 120 valence electrons. The molecule has 2 amide bonds. The molecule has 0 fully saturated rings. The Morgan fingerprint density at radius 1 is 0.714 bits per heavy atom. The summed E-state index contributed by atoms with van der Waals surface area (Å²) in [5.41, 5.74) is 0. The third-order valence-electron chi connectivity index (χ3n) is 1.45. The van der Waals surface area contributed by atoms with E-state index in [9.17, 15) is 39.0 Å². The van der Waals surface area contributed by atoms with Gasteiger partial charge in [0.25, 0.3) is 0 Å². The van der Waals surface area contributed by atoms with E-state index in [-0.39, 0.29) is 16.5 Å². The third kappa shape index (κ3) is 17.7. The van der Waals surface area contributed by atoms with Crippen molar-refractivity contribution in [3.63, 3.8) is 0 Å². The molecule has 0 aliphatic carbocycles. The standard InChI is InChI=1S/2C5H7NO4.Ni/c2*1-3(7)6-2-4(8)5(9)10;/h2*2H2,1H3,(H,6,7)(H,9,10);/q;;+2/p-2. The predicted octanol–water partition coefficient (Wildman–Crippen LogP) is -5.12. The van der Waals surface area contributed by atoms with E-state index >= 15 is 0 Å². The molecule has 21 heavy (non-hydrogen) atoms. The fourth-order valence-corrected chi connectivity index (χ4v) is 0.554. The van der Waals surface area contributed by atoms with E-state index in [1.54, 1.807) is 0 Å². The Bertz CT molecular complexity index is 395. The van der Waals surface area contributed by atoms with E-state index in [2.05, 4.69) is 0 Å². The van der Waals surface area contributed by atoms with E-state index < -0.39 is 48.4 Å². The number of hydrogen-bond acceptors (Lipinski definition) is 8. The molecule has 11 heteroatoms. The normalized spacial score (nSPS) is 8.10. The number of rotatable bonds is 6. The van der Waals surface area contributed by atoms with Gasteiger partial charge < -0.3 is 30.4 Å². The number of aliphatic carboxylic acids is 2. The van der Waals surface area contributed by atoms with Crippen LogP contribution in [-0.2, 0) is 45.3 Å². The molecule has 0 saturated heterocycles. The van der Waals surface area contributed by atoms with E-state index in [0.717, 1.165) is 0 Å². The number of nitrogens with one attached hydrogen (secondary N) is 2. The molecule has 0 aromatic heterocycles. The number of carbonyl (C=O) groups excluding carboxylic acids is 6. The summed E-state index contributed by atoms with van der Waals surface area (Å²) in [6, 6.07) is 0. The number of carbonyl (C=O) groups is 6. The van der Waals surface area contributed by atoms with E-state index in [1.807, 2.05) is 10.6 Å². The zero-order valence-corrected chi connectivity index (χ0v) is 12.0. The second-order valence-corrected chi connectivity index (χ2v) is 3.24. The minimum atomic E-state index is -1.78. The first-order chi connectivity index (χ1) is 9.07. The third-order valence-corrected chi connectivity index (χ3v) is 1.45. The van der Waals surface area contributed by atoms with Crippen LogP contribution in [0.5, 0.6) is 0 Å². The van der Waals surface area contributed by atoms with Gasteiger partial charge >= 0.3 is 16.5 Å². The average Bonchev–Trinajstić information content (AvgIpc) is 2.33. The van der Waals surface area contributed by atoms with Gasteiger partial charge in [-0.1, -0.05) is 0 Å². The van der Waals surface area contributed by atoms with Crippen LogP contribution >= 0.6 is 0 Å². The molecule has 0 unspecified atom stereocenters. The predicted molar refractivity (Wildman–Crippen MR) is 57.4 cm³/mol. The monoisotopic (exact) mass is 346 g/mol. The average molecular weight is 347 g/mol. The van der Waals surface area contributed by atoms with Crippen molar-refractivity contribution in [1.29, 1.82) is 0 Å². The molecule has 0 heterocycles. The van der Waals surface area contributed by atoms with Gasteiger partial charge in [0.2, 0.25) is 11.8 Å². The maximum atomic E-state index is 10.2. The number of ketones is 2. The fourth-order valence-electron chi connectivity index (χ4n) is 0.554. The van der Waals surface area contributed by atoms with Gasteiger partial charge in [0.1, 0.15) is 11.9 Å². The summed E-state index contributed by atoms with van der Waals surface area (Å²) in [5, 5.41) is 23.4. The van der Waals surface area contributed by atoms with Gasteiger partial charge in [0, 0.05) is 13.8 Å². The Morgan fingerprint density at radius 3 is 1.10 bits per heavy atom. The van der Waals surface area contributed by atoms with Crippen molar-refractivity contribution >= 4 is 35.3 Å². The van der Waals surface area contributed by atoms with Crippen molar-refractivity contribution in [1.82, 2.24) is 10.6 Å². The van der Waals surface area contributed by atoms with Gasteiger partial charge in [-0.15, -0.1) is 0 Å². The van der Waals surface area contributed by atoms with Crippen LogP contribution in [0.2, 0.25) is 0 Å². The van der Waals surface area contributed by atoms with Crippen LogP contribution in [0.4, 0.5) is 0 Å². The van der Waals surface area contributed by atoms with Crippen LogP contribution < -0.4 is 20.8 Å². The Balaban J connectivity index is -0.000000295. The van der Waals surface area contributed by atoms with Crippen LogP contribution in [0, 0.1) is 0 Å². The van der Waals surface area contributed by atoms with Crippen LogP contribution in [0.15, 0.2) is 0 Å². The summed E-state index contributed by atoms with van der Waals surface area (Å²) in [5.74, 6) is -6.72. The first-order valence-corrected chi connectivity index (χ1v) is 5.05. The summed E-state index contributed by atoms with van der Waals surface area (Å²) < 4.78 is 0. The fraction of sp³-hybridized carbons (Fsp3) is 0.400. The van der Waals surface area contributed by atoms with Crippen molar-refractivity contribution in [3.05, 3.63) is 0 Å². The second kappa shape index (κ2) is 12.7. The largest absolute Gasteiger partial charge is 2.00 e. The van der Waals surface area contributed by atoms with Crippen LogP contribution in [-0.4, -0.2) is 48.4 Å². The van der Waals surface area contributed by atoms with Gasteiger partial charge in [-0.3, -0.25) is 19.2 Å². The van der Waals surface area contributed by atoms with Crippen molar-refractivity contribution < 1.29 is 55.5 Å². The molecule has 0 aromatic rings. The number of Topliss-reactive ketones (excluding diaryl/α,β-unsaturated/α-hetero) is 2. The second-order valence-electron chi connectivity index (χ2n) is 3.24. The van der Waals surface area contributed by atoms with Gasteiger partial charge in [0.15, 0.2) is 11.6 Å². The summed E-state index contributed by atoms with van der Waals surface area (Å²) in [4.78, 5) is 59.9. The maximum Gasteiger partial charge on any atom is 2.00 e. The molecule has 0 atom stereocenters. The molecular formula is C10H12N2NiO8. The zero-order valence-electron chi connectivity index (χ0n) is 11.0. The molecule has 10 nitrogen and oxygen atoms in total. The van der Waals surface area contributed by atoms with E-state index in [1.165, 1.54) is 13.8 Å². The topological polar surface area (TPSA) is 173 Å². The number of carboxylic acids is 2. The summed E-state index contributed by atoms with van der Waals surface area (Å²) in [6.07, 6.45) is 0. The Morgan fingerprint density at radius 2 is 0.952 bits per heavy atom. The molecule has 0 saturated carbocycles. The van der Waals surface area contributed by atoms with Crippen molar-refractivity contribution in [2.45, 2.75) is 13.8 Å². The van der Waals surface area contributed by atoms with Crippen molar-refractivity contribution in [2.24, 2.45) is 0 Å². The zero-order chi connectivity index (χ0) is 16.3. The molecule has 0 aromatic carbocycles. The van der Waals surface area contributed by atoms with E-state index in [4.69, 9.17) is 0 Å². The number of amides is 2. The molecule has 0 bridgehead atoms. The SMILES string of the molecule is CC(=O)NCC(=O)C(=O)[O-].CC(=O)NCC(=O)C(=O)[O-].[Ni+2]. The quantitative estimate of drug-likeness (QED) is 0.354. The Labute approximate surface area is 129 Å². The maximum absolute atomic E-state index is 10.2. The molecule has 0 aliphatic heterocycles. The van der Waals surface area contributed by atoms with Crippen molar-refractivity contribution in [2.75, 3.05) is 13.1 Å². The Kier molecular flexibility index (Phi) is 14.4. The van der Waals surface area contributed by atoms with Gasteiger partial charge in [-0.05, 0) is 0 Å². The minimum Gasteiger partial charge on any atom is -0.542 e. The first kappa shape index (κ1) is 23.8. The van der Waals surface area contributed by atoms with E-state index in [0.29, 0.717) is 0 Å². The molecular weight excluding hydrogens is 335 g/mol. The molecule has 0 rings (SSSR count). The summed E-state index contributed by atoms with van der Waals surface area (Å²) in [6.45, 7) is 1.36. The Hall–Kier alpha value is -2.29. The smallest absolute Gasteiger partial charge is 0.542 e. The first-order valence-electron chi connectivity index (χ1n) is 5.05. The summed E-state index contributed by atoms with van der Waals surface area (Å²) >= 11 is 0. The number of hydrogen-bond donors (Lipinski definition) is 2. The van der Waals surface area contributed by atoms with Crippen LogP contribution in [0.3, 0.4) is 0 Å². The van der Waals surface area contributed by atoms with Gasteiger partial charge in [0.05, 0.1) is 13.1 Å². The molecule has 0 spiro atoms. The van der Waals surface area contributed by atoms with Crippen LogP contribution in [0.1, 0.15) is 13.8 Å². The molecule has 0 aliphatic rings. The minimum absolute atomic E-state index is 0. The van der Waals surface area contributed by atoms with Gasteiger partial charge in [-0.2, -0.15) is 0 Å². The summed E-state index contributed by atoms with van der Waals surface area (Å²) in [7, 11) is 0. The number of carboxylic acid groups (broad SMARTS) is 2. The molecule has 2 N–H and O–H groups in total. The molecule has 0 radical (unpaired) electrons.